The number of benzene rings is 1. The molecule has 20 heavy (non-hydrogen) atoms. The standard InChI is InChI=1S/C16H27NO2S/c1-5-14(4)16(17-6-2)12-20(18,19)11-15-9-7-8-13(3)10-15/h7-10,14,16-17H,5-6,11-12H2,1-4H3. The highest BCUT2D eigenvalue weighted by Crippen LogP contribution is 2.14. The fourth-order valence-electron chi connectivity index (χ4n) is 2.36. The zero-order chi connectivity index (χ0) is 15.2. The number of hydrogen-bond acceptors (Lipinski definition) is 3. The van der Waals surface area contributed by atoms with Crippen molar-refractivity contribution in [3.05, 3.63) is 35.4 Å². The van der Waals surface area contributed by atoms with Gasteiger partial charge in [-0.05, 0) is 24.9 Å². The van der Waals surface area contributed by atoms with Gasteiger partial charge >= 0.3 is 0 Å². The summed E-state index contributed by atoms with van der Waals surface area (Å²) in [6.07, 6.45) is 0.984. The molecular weight excluding hydrogens is 270 g/mol. The Balaban J connectivity index is 2.77. The van der Waals surface area contributed by atoms with Crippen LogP contribution in [0.1, 0.15) is 38.3 Å². The van der Waals surface area contributed by atoms with Crippen molar-refractivity contribution in [1.29, 1.82) is 0 Å². The third-order valence-corrected chi connectivity index (χ3v) is 5.34. The largest absolute Gasteiger partial charge is 0.313 e. The molecule has 1 aromatic rings. The molecule has 4 heteroatoms. The molecule has 0 saturated heterocycles. The molecule has 2 atom stereocenters. The lowest BCUT2D eigenvalue weighted by Gasteiger charge is -2.23. The Bertz CT molecular complexity index is 511. The number of aryl methyl sites for hydroxylation is 1. The Morgan fingerprint density at radius 1 is 1.25 bits per heavy atom. The molecule has 0 aromatic heterocycles. The van der Waals surface area contributed by atoms with Gasteiger partial charge in [-0.25, -0.2) is 8.42 Å². The smallest absolute Gasteiger partial charge is 0.155 e. The fourth-order valence-corrected chi connectivity index (χ4v) is 4.16. The maximum absolute atomic E-state index is 12.4. The van der Waals surface area contributed by atoms with E-state index in [0.29, 0.717) is 5.92 Å². The minimum Gasteiger partial charge on any atom is -0.313 e. The number of nitrogens with one attached hydrogen (secondary N) is 1. The maximum atomic E-state index is 12.4. The molecule has 0 aliphatic carbocycles. The highest BCUT2D eigenvalue weighted by molar-refractivity contribution is 7.90. The van der Waals surface area contributed by atoms with E-state index in [-0.39, 0.29) is 17.5 Å². The van der Waals surface area contributed by atoms with Crippen LogP contribution in [0.15, 0.2) is 24.3 Å². The summed E-state index contributed by atoms with van der Waals surface area (Å²) in [5.41, 5.74) is 1.98. The molecule has 0 aliphatic rings. The average molecular weight is 297 g/mol. The molecule has 0 spiro atoms. The van der Waals surface area contributed by atoms with Crippen molar-refractivity contribution in [1.82, 2.24) is 5.32 Å². The molecule has 2 unspecified atom stereocenters. The van der Waals surface area contributed by atoms with E-state index in [0.717, 1.165) is 24.1 Å². The highest BCUT2D eigenvalue weighted by Gasteiger charge is 2.23. The van der Waals surface area contributed by atoms with Gasteiger partial charge in [-0.2, -0.15) is 0 Å². The third-order valence-electron chi connectivity index (χ3n) is 3.70. The van der Waals surface area contributed by atoms with E-state index in [2.05, 4.69) is 19.2 Å². The van der Waals surface area contributed by atoms with Crippen LogP contribution in [0.3, 0.4) is 0 Å². The first-order valence-electron chi connectivity index (χ1n) is 7.37. The van der Waals surface area contributed by atoms with Crippen molar-refractivity contribution in [3.63, 3.8) is 0 Å². The third kappa shape index (κ3) is 5.63. The summed E-state index contributed by atoms with van der Waals surface area (Å²) in [4.78, 5) is 0. The van der Waals surface area contributed by atoms with Gasteiger partial charge in [0.25, 0.3) is 0 Å². The molecule has 0 bridgehead atoms. The minimum atomic E-state index is -3.09. The zero-order valence-corrected chi connectivity index (χ0v) is 13.8. The van der Waals surface area contributed by atoms with Crippen LogP contribution in [0.5, 0.6) is 0 Å². The van der Waals surface area contributed by atoms with Crippen LogP contribution in [-0.2, 0) is 15.6 Å². The van der Waals surface area contributed by atoms with Crippen molar-refractivity contribution >= 4 is 9.84 Å². The van der Waals surface area contributed by atoms with Gasteiger partial charge in [0.05, 0.1) is 11.5 Å². The number of sulfone groups is 1. The van der Waals surface area contributed by atoms with E-state index in [4.69, 9.17) is 0 Å². The first-order valence-corrected chi connectivity index (χ1v) is 9.19. The van der Waals surface area contributed by atoms with Crippen LogP contribution in [0.2, 0.25) is 0 Å². The van der Waals surface area contributed by atoms with Crippen molar-refractivity contribution in [2.45, 2.75) is 45.9 Å². The van der Waals surface area contributed by atoms with Gasteiger partial charge in [0.1, 0.15) is 0 Å². The molecule has 0 heterocycles. The van der Waals surface area contributed by atoms with Crippen molar-refractivity contribution < 1.29 is 8.42 Å². The lowest BCUT2D eigenvalue weighted by molar-refractivity contribution is 0.398. The predicted molar refractivity (Wildman–Crippen MR) is 85.6 cm³/mol. The lowest BCUT2D eigenvalue weighted by Crippen LogP contribution is -2.40. The fraction of sp³-hybridized carbons (Fsp3) is 0.625. The van der Waals surface area contributed by atoms with Gasteiger partial charge in [0.15, 0.2) is 9.84 Å². The Morgan fingerprint density at radius 3 is 2.50 bits per heavy atom. The van der Waals surface area contributed by atoms with E-state index in [1.807, 2.05) is 38.1 Å². The van der Waals surface area contributed by atoms with Crippen LogP contribution >= 0.6 is 0 Å². The van der Waals surface area contributed by atoms with Gasteiger partial charge in [-0.15, -0.1) is 0 Å². The normalized spacial score (nSPS) is 15.0. The summed E-state index contributed by atoms with van der Waals surface area (Å²) in [5, 5.41) is 3.31. The lowest BCUT2D eigenvalue weighted by atomic mass is 10.0. The van der Waals surface area contributed by atoms with Crippen LogP contribution in [0, 0.1) is 12.8 Å². The molecule has 114 valence electrons. The predicted octanol–water partition coefficient (Wildman–Crippen LogP) is 2.93. The minimum absolute atomic E-state index is 0.0415. The van der Waals surface area contributed by atoms with E-state index < -0.39 is 9.84 Å². The van der Waals surface area contributed by atoms with Gasteiger partial charge in [0.2, 0.25) is 0 Å². The topological polar surface area (TPSA) is 46.2 Å². The van der Waals surface area contributed by atoms with E-state index in [1.54, 1.807) is 0 Å². The first-order chi connectivity index (χ1) is 9.38. The highest BCUT2D eigenvalue weighted by atomic mass is 32.2. The zero-order valence-electron chi connectivity index (χ0n) is 13.0. The molecule has 3 nitrogen and oxygen atoms in total. The number of hydrogen-bond donors (Lipinski definition) is 1. The van der Waals surface area contributed by atoms with E-state index >= 15 is 0 Å². The maximum Gasteiger partial charge on any atom is 0.155 e. The van der Waals surface area contributed by atoms with Gasteiger partial charge < -0.3 is 5.32 Å². The number of rotatable bonds is 8. The molecule has 0 saturated carbocycles. The Kier molecular flexibility index (Phi) is 6.69. The quantitative estimate of drug-likeness (QED) is 0.802. The summed E-state index contributed by atoms with van der Waals surface area (Å²) in [6.45, 7) is 9.01. The second-order valence-corrected chi connectivity index (χ2v) is 7.70. The van der Waals surface area contributed by atoms with Gasteiger partial charge in [0, 0.05) is 6.04 Å². The molecule has 0 aliphatic heterocycles. The second-order valence-electron chi connectivity index (χ2n) is 5.59. The van der Waals surface area contributed by atoms with E-state index in [9.17, 15) is 8.42 Å². The molecule has 1 rings (SSSR count). The van der Waals surface area contributed by atoms with Crippen LogP contribution in [0.25, 0.3) is 0 Å². The van der Waals surface area contributed by atoms with Gasteiger partial charge in [-0.3, -0.25) is 0 Å². The average Bonchev–Trinajstić information content (AvgIpc) is 2.36. The summed E-state index contributed by atoms with van der Waals surface area (Å²) in [5.74, 6) is 0.707. The first kappa shape index (κ1) is 17.2. The summed E-state index contributed by atoms with van der Waals surface area (Å²) in [6, 6.07) is 7.77. The monoisotopic (exact) mass is 297 g/mol. The molecule has 1 N–H and O–H groups in total. The van der Waals surface area contributed by atoms with Crippen LogP contribution in [-0.4, -0.2) is 26.8 Å². The second kappa shape index (κ2) is 7.79. The SMILES string of the molecule is CCNC(CS(=O)(=O)Cc1cccc(C)c1)C(C)CC. The Hall–Kier alpha value is -0.870. The van der Waals surface area contributed by atoms with E-state index in [1.165, 1.54) is 0 Å². The summed E-state index contributed by atoms with van der Waals surface area (Å²) < 4.78 is 24.8. The van der Waals surface area contributed by atoms with Crippen LogP contribution < -0.4 is 5.32 Å². The summed E-state index contributed by atoms with van der Waals surface area (Å²) in [7, 11) is -3.09. The Morgan fingerprint density at radius 2 is 1.95 bits per heavy atom. The summed E-state index contributed by atoms with van der Waals surface area (Å²) >= 11 is 0. The molecule has 0 amide bonds. The molecule has 0 fully saturated rings. The molecular formula is C16H27NO2S. The van der Waals surface area contributed by atoms with Crippen molar-refractivity contribution in [3.8, 4) is 0 Å². The molecule has 0 radical (unpaired) electrons. The van der Waals surface area contributed by atoms with Crippen molar-refractivity contribution in [2.24, 2.45) is 5.92 Å². The van der Waals surface area contributed by atoms with Gasteiger partial charge in [-0.1, -0.05) is 57.0 Å². The Labute approximate surface area is 123 Å². The van der Waals surface area contributed by atoms with Crippen molar-refractivity contribution in [2.75, 3.05) is 12.3 Å². The van der Waals surface area contributed by atoms with Crippen LogP contribution in [0.4, 0.5) is 0 Å². The molecule has 1 aromatic carbocycles.